The Balaban J connectivity index is 1.99. The van der Waals surface area contributed by atoms with Crippen LogP contribution in [0, 0.1) is 5.92 Å². The molecule has 4 heteroatoms. The Kier molecular flexibility index (Phi) is 4.81. The minimum Gasteiger partial charge on any atom is -0.497 e. The van der Waals surface area contributed by atoms with E-state index in [2.05, 4.69) is 11.0 Å². The molecule has 2 aromatic rings. The van der Waals surface area contributed by atoms with Crippen LogP contribution >= 0.6 is 0 Å². The Bertz CT molecular complexity index is 713. The summed E-state index contributed by atoms with van der Waals surface area (Å²) in [5.41, 5.74) is 0.0522. The van der Waals surface area contributed by atoms with Crippen molar-refractivity contribution >= 4 is 10.8 Å². The normalized spacial score (nSPS) is 27.6. The Labute approximate surface area is 143 Å². The van der Waals surface area contributed by atoms with Gasteiger partial charge in [-0.3, -0.25) is 0 Å². The molecule has 0 aromatic heterocycles. The standard InChI is InChI=1S/C20H27NO3/c1-21(2)13-17-12-18(22)8-9-20(17,23)16-6-4-15-11-19(24-3)7-5-14(15)10-16/h4-7,10-11,17-18,22-23H,8-9,12-13H2,1-3H3. The molecule has 0 radical (unpaired) electrons. The number of aliphatic hydroxyl groups is 2. The number of fused-ring (bicyclic) bond motifs is 1. The number of rotatable bonds is 4. The Morgan fingerprint density at radius 2 is 1.88 bits per heavy atom. The molecule has 0 saturated heterocycles. The lowest BCUT2D eigenvalue weighted by molar-refractivity contribution is -0.0920. The van der Waals surface area contributed by atoms with E-state index in [0.29, 0.717) is 19.3 Å². The van der Waals surface area contributed by atoms with Crippen molar-refractivity contribution in [2.45, 2.75) is 31.0 Å². The first-order valence-corrected chi connectivity index (χ1v) is 8.56. The Morgan fingerprint density at radius 1 is 1.17 bits per heavy atom. The SMILES string of the molecule is COc1ccc2cc(C3(O)CCC(O)CC3CN(C)C)ccc2c1. The highest BCUT2D eigenvalue weighted by Gasteiger charge is 2.43. The van der Waals surface area contributed by atoms with Crippen molar-refractivity contribution in [3.8, 4) is 5.75 Å². The van der Waals surface area contributed by atoms with E-state index in [9.17, 15) is 10.2 Å². The molecule has 1 fully saturated rings. The van der Waals surface area contributed by atoms with Crippen LogP contribution in [0.4, 0.5) is 0 Å². The van der Waals surface area contributed by atoms with Crippen molar-refractivity contribution in [3.63, 3.8) is 0 Å². The number of methoxy groups -OCH3 is 1. The Hall–Kier alpha value is -1.62. The van der Waals surface area contributed by atoms with E-state index in [1.165, 1.54) is 0 Å². The van der Waals surface area contributed by atoms with Crippen molar-refractivity contribution in [3.05, 3.63) is 42.0 Å². The average Bonchev–Trinajstić information content (AvgIpc) is 2.57. The number of benzene rings is 2. The van der Waals surface area contributed by atoms with Crippen molar-refractivity contribution in [1.82, 2.24) is 4.90 Å². The van der Waals surface area contributed by atoms with Crippen LogP contribution in [0.1, 0.15) is 24.8 Å². The highest BCUT2D eigenvalue weighted by Crippen LogP contribution is 2.43. The second-order valence-corrected chi connectivity index (χ2v) is 7.24. The van der Waals surface area contributed by atoms with Crippen LogP contribution in [0.5, 0.6) is 5.75 Å². The third-order valence-corrected chi connectivity index (χ3v) is 5.22. The van der Waals surface area contributed by atoms with Gasteiger partial charge in [0, 0.05) is 12.5 Å². The second-order valence-electron chi connectivity index (χ2n) is 7.24. The molecule has 3 unspecified atom stereocenters. The van der Waals surface area contributed by atoms with E-state index in [1.807, 2.05) is 44.4 Å². The predicted molar refractivity (Wildman–Crippen MR) is 96.3 cm³/mol. The van der Waals surface area contributed by atoms with E-state index in [4.69, 9.17) is 4.74 Å². The number of nitrogens with zero attached hydrogens (tertiary/aromatic N) is 1. The highest BCUT2D eigenvalue weighted by molar-refractivity contribution is 5.84. The molecular weight excluding hydrogens is 302 g/mol. The summed E-state index contributed by atoms with van der Waals surface area (Å²) in [5.74, 6) is 0.854. The van der Waals surface area contributed by atoms with Crippen LogP contribution in [-0.2, 0) is 5.60 Å². The number of hydrogen-bond donors (Lipinski definition) is 2. The van der Waals surface area contributed by atoms with Crippen LogP contribution in [0.3, 0.4) is 0 Å². The van der Waals surface area contributed by atoms with Crippen LogP contribution in [0.15, 0.2) is 36.4 Å². The number of hydrogen-bond acceptors (Lipinski definition) is 4. The number of aliphatic hydroxyl groups excluding tert-OH is 1. The third kappa shape index (κ3) is 3.27. The van der Waals surface area contributed by atoms with Gasteiger partial charge in [-0.05, 0) is 67.9 Å². The molecule has 1 aliphatic rings. The van der Waals surface area contributed by atoms with Crippen molar-refractivity contribution in [1.29, 1.82) is 0 Å². The summed E-state index contributed by atoms with van der Waals surface area (Å²) < 4.78 is 5.28. The minimum atomic E-state index is -0.891. The maximum atomic E-state index is 11.5. The molecule has 3 atom stereocenters. The number of ether oxygens (including phenoxy) is 1. The highest BCUT2D eigenvalue weighted by atomic mass is 16.5. The fourth-order valence-electron chi connectivity index (χ4n) is 3.90. The van der Waals surface area contributed by atoms with Gasteiger partial charge in [0.15, 0.2) is 0 Å². The lowest BCUT2D eigenvalue weighted by Gasteiger charge is -2.43. The molecule has 1 saturated carbocycles. The van der Waals surface area contributed by atoms with Crippen LogP contribution in [0.2, 0.25) is 0 Å². The Morgan fingerprint density at radius 3 is 2.58 bits per heavy atom. The summed E-state index contributed by atoms with van der Waals surface area (Å²) in [4.78, 5) is 2.08. The smallest absolute Gasteiger partial charge is 0.119 e. The fraction of sp³-hybridized carbons (Fsp3) is 0.500. The molecule has 0 heterocycles. The summed E-state index contributed by atoms with van der Waals surface area (Å²) in [5, 5.41) is 23.7. The molecule has 24 heavy (non-hydrogen) atoms. The summed E-state index contributed by atoms with van der Waals surface area (Å²) in [7, 11) is 5.68. The van der Waals surface area contributed by atoms with E-state index >= 15 is 0 Å². The van der Waals surface area contributed by atoms with Gasteiger partial charge in [0.1, 0.15) is 5.75 Å². The van der Waals surface area contributed by atoms with Gasteiger partial charge in [-0.1, -0.05) is 18.2 Å². The van der Waals surface area contributed by atoms with Gasteiger partial charge in [-0.25, -0.2) is 0 Å². The molecule has 3 rings (SSSR count). The topological polar surface area (TPSA) is 52.9 Å². The molecule has 130 valence electrons. The van der Waals surface area contributed by atoms with Gasteiger partial charge in [0.05, 0.1) is 18.8 Å². The molecule has 2 N–H and O–H groups in total. The molecule has 0 spiro atoms. The van der Waals surface area contributed by atoms with Crippen LogP contribution < -0.4 is 4.74 Å². The van der Waals surface area contributed by atoms with Gasteiger partial charge in [-0.2, -0.15) is 0 Å². The van der Waals surface area contributed by atoms with E-state index in [-0.39, 0.29) is 12.0 Å². The third-order valence-electron chi connectivity index (χ3n) is 5.22. The van der Waals surface area contributed by atoms with Gasteiger partial charge in [-0.15, -0.1) is 0 Å². The average molecular weight is 329 g/mol. The van der Waals surface area contributed by atoms with Crippen LogP contribution in [-0.4, -0.2) is 49.0 Å². The molecule has 0 amide bonds. The van der Waals surface area contributed by atoms with E-state index in [1.54, 1.807) is 7.11 Å². The van der Waals surface area contributed by atoms with Crippen molar-refractivity contribution in [2.75, 3.05) is 27.7 Å². The maximum Gasteiger partial charge on any atom is 0.119 e. The molecular formula is C20H27NO3. The summed E-state index contributed by atoms with van der Waals surface area (Å²) in [6.07, 6.45) is 1.55. The zero-order chi connectivity index (χ0) is 17.3. The lowest BCUT2D eigenvalue weighted by atomic mass is 9.70. The molecule has 4 nitrogen and oxygen atoms in total. The predicted octanol–water partition coefficient (Wildman–Crippen LogP) is 2.76. The lowest BCUT2D eigenvalue weighted by Crippen LogP contribution is -2.46. The van der Waals surface area contributed by atoms with Gasteiger partial charge in [0.25, 0.3) is 0 Å². The summed E-state index contributed by atoms with van der Waals surface area (Å²) in [6, 6.07) is 12.1. The van der Waals surface area contributed by atoms with E-state index in [0.717, 1.165) is 28.6 Å². The summed E-state index contributed by atoms with van der Waals surface area (Å²) in [6.45, 7) is 0.758. The maximum absolute atomic E-state index is 11.5. The first-order chi connectivity index (χ1) is 11.4. The minimum absolute atomic E-state index is 0.0203. The van der Waals surface area contributed by atoms with Crippen molar-refractivity contribution in [2.24, 2.45) is 5.92 Å². The first kappa shape index (κ1) is 17.2. The molecule has 0 bridgehead atoms. The molecule has 0 aliphatic heterocycles. The largest absolute Gasteiger partial charge is 0.497 e. The first-order valence-electron chi connectivity index (χ1n) is 8.56. The van der Waals surface area contributed by atoms with Gasteiger partial charge >= 0.3 is 0 Å². The zero-order valence-electron chi connectivity index (χ0n) is 14.7. The van der Waals surface area contributed by atoms with Gasteiger partial charge in [0.2, 0.25) is 0 Å². The van der Waals surface area contributed by atoms with Gasteiger partial charge < -0.3 is 19.8 Å². The molecule has 1 aliphatic carbocycles. The van der Waals surface area contributed by atoms with Crippen LogP contribution in [0.25, 0.3) is 10.8 Å². The molecule has 2 aromatic carbocycles. The van der Waals surface area contributed by atoms with E-state index < -0.39 is 5.60 Å². The fourth-order valence-corrected chi connectivity index (χ4v) is 3.90. The summed E-state index contributed by atoms with van der Waals surface area (Å²) >= 11 is 0. The monoisotopic (exact) mass is 329 g/mol. The van der Waals surface area contributed by atoms with Crippen molar-refractivity contribution < 1.29 is 14.9 Å². The quantitative estimate of drug-likeness (QED) is 0.906. The second kappa shape index (κ2) is 6.71. The zero-order valence-corrected chi connectivity index (χ0v) is 14.7.